The van der Waals surface area contributed by atoms with E-state index in [1.807, 2.05) is 11.3 Å². The number of rotatable bonds is 4. The molecule has 1 atom stereocenters. The van der Waals surface area contributed by atoms with Gasteiger partial charge in [-0.05, 0) is 71.6 Å². The number of aromatic nitrogens is 2. The summed E-state index contributed by atoms with van der Waals surface area (Å²) < 4.78 is 7.66. The Morgan fingerprint density at radius 2 is 1.24 bits per heavy atom. The minimum absolute atomic E-state index is 0.298. The fourth-order valence-electron chi connectivity index (χ4n) is 8.60. The van der Waals surface area contributed by atoms with Gasteiger partial charge in [0.15, 0.2) is 0 Å². The molecule has 0 fully saturated rings. The number of hydrogen-bond donors (Lipinski definition) is 0. The smallest absolute Gasteiger partial charge is 0.0560 e. The number of nitrogens with zero attached hydrogens (tertiary/aromatic N) is 2. The van der Waals surface area contributed by atoms with E-state index in [0.717, 1.165) is 6.42 Å². The topological polar surface area (TPSA) is 9.86 Å². The summed E-state index contributed by atoms with van der Waals surface area (Å²) in [5, 5.41) is 7.77. The quantitative estimate of drug-likeness (QED) is 0.177. The molecular weight excluding hydrogens is 637 g/mol. The highest BCUT2D eigenvalue weighted by Gasteiger charge is 2.21. The molecule has 1 aliphatic carbocycles. The van der Waals surface area contributed by atoms with E-state index in [1.165, 1.54) is 91.7 Å². The molecule has 240 valence electrons. The largest absolute Gasteiger partial charge is 0.333 e. The van der Waals surface area contributed by atoms with Gasteiger partial charge in [-0.2, -0.15) is 0 Å². The van der Waals surface area contributed by atoms with Crippen molar-refractivity contribution in [1.82, 2.24) is 9.13 Å². The third-order valence-electron chi connectivity index (χ3n) is 10.8. The minimum Gasteiger partial charge on any atom is -0.333 e. The van der Waals surface area contributed by atoms with Gasteiger partial charge in [0.1, 0.15) is 0 Å². The summed E-state index contributed by atoms with van der Waals surface area (Å²) in [5.41, 5.74) is 11.2. The van der Waals surface area contributed by atoms with E-state index >= 15 is 0 Å². The van der Waals surface area contributed by atoms with Crippen LogP contribution in [0.2, 0.25) is 0 Å². The van der Waals surface area contributed by atoms with Crippen molar-refractivity contribution in [3.8, 4) is 27.9 Å². The molecule has 0 bridgehead atoms. The lowest BCUT2D eigenvalue weighted by atomic mass is 9.97. The summed E-state index contributed by atoms with van der Waals surface area (Å²) in [7, 11) is 0. The van der Waals surface area contributed by atoms with Crippen LogP contribution >= 0.6 is 11.3 Å². The highest BCUT2D eigenvalue weighted by Crippen LogP contribution is 2.45. The predicted molar refractivity (Wildman–Crippen MR) is 219 cm³/mol. The highest BCUT2D eigenvalue weighted by atomic mass is 32.1. The van der Waals surface area contributed by atoms with Crippen LogP contribution in [0, 0.1) is 0 Å². The summed E-state index contributed by atoms with van der Waals surface area (Å²) in [5.74, 6) is 0. The predicted octanol–water partition coefficient (Wildman–Crippen LogP) is 13.7. The fourth-order valence-corrected chi connectivity index (χ4v) is 9.82. The average molecular weight is 669 g/mol. The lowest BCUT2D eigenvalue weighted by Crippen LogP contribution is -2.06. The van der Waals surface area contributed by atoms with Crippen molar-refractivity contribution in [2.24, 2.45) is 0 Å². The number of hydrogen-bond acceptors (Lipinski definition) is 1. The van der Waals surface area contributed by atoms with Crippen molar-refractivity contribution in [3.63, 3.8) is 0 Å². The van der Waals surface area contributed by atoms with E-state index in [1.54, 1.807) is 0 Å². The van der Waals surface area contributed by atoms with Gasteiger partial charge in [0.05, 0.1) is 22.6 Å². The Hall–Kier alpha value is -6.16. The molecule has 0 aliphatic heterocycles. The molecule has 10 aromatic rings. The molecule has 0 spiro atoms. The van der Waals surface area contributed by atoms with Crippen LogP contribution < -0.4 is 0 Å². The van der Waals surface area contributed by atoms with Gasteiger partial charge in [-0.25, -0.2) is 0 Å². The van der Waals surface area contributed by atoms with Crippen LogP contribution in [0.5, 0.6) is 0 Å². The standard InChI is InChI=1S/C48H32N2S/c1-3-14-31(15-4-1)39-29-34(30-41-37-19-9-12-25-46(37)51-48(39)41)50-42-22-10-7-18-36(42)40-28-32(26-27-44(40)50)35-21-13-24-45-47(35)38-20-8-11-23-43(38)49(45)33-16-5-2-6-17-33/h1-16,18-30,33H,17H2. The first-order valence-corrected chi connectivity index (χ1v) is 18.5. The van der Waals surface area contributed by atoms with Gasteiger partial charge in [-0.3, -0.25) is 0 Å². The zero-order chi connectivity index (χ0) is 33.5. The molecule has 3 aromatic heterocycles. The Morgan fingerprint density at radius 1 is 0.490 bits per heavy atom. The van der Waals surface area contributed by atoms with Gasteiger partial charge in [0, 0.05) is 58.5 Å². The van der Waals surface area contributed by atoms with Gasteiger partial charge in [-0.1, -0.05) is 127 Å². The number of para-hydroxylation sites is 2. The minimum atomic E-state index is 0.298. The Labute approximate surface area is 299 Å². The monoisotopic (exact) mass is 668 g/mol. The van der Waals surface area contributed by atoms with Crippen LogP contribution in [-0.2, 0) is 0 Å². The van der Waals surface area contributed by atoms with Crippen molar-refractivity contribution in [2.45, 2.75) is 12.5 Å². The first-order valence-electron chi connectivity index (χ1n) is 17.7. The first kappa shape index (κ1) is 28.7. The van der Waals surface area contributed by atoms with Crippen LogP contribution in [-0.4, -0.2) is 9.13 Å². The Morgan fingerprint density at radius 3 is 2.10 bits per heavy atom. The molecule has 3 heteroatoms. The van der Waals surface area contributed by atoms with Crippen LogP contribution in [0.1, 0.15) is 12.5 Å². The van der Waals surface area contributed by atoms with Crippen LogP contribution in [0.15, 0.2) is 176 Å². The van der Waals surface area contributed by atoms with Crippen molar-refractivity contribution in [2.75, 3.05) is 0 Å². The summed E-state index contributed by atoms with van der Waals surface area (Å²) in [6.07, 6.45) is 9.95. The molecule has 0 radical (unpaired) electrons. The maximum atomic E-state index is 2.53. The van der Waals surface area contributed by atoms with Gasteiger partial charge >= 0.3 is 0 Å². The molecule has 11 rings (SSSR count). The molecular formula is C48H32N2S. The summed E-state index contributed by atoms with van der Waals surface area (Å²) in [6, 6.07) is 56.5. The number of fused-ring (bicyclic) bond motifs is 9. The third kappa shape index (κ3) is 4.28. The van der Waals surface area contributed by atoms with Crippen molar-refractivity contribution in [3.05, 3.63) is 176 Å². The molecule has 2 nitrogen and oxygen atoms in total. The van der Waals surface area contributed by atoms with Gasteiger partial charge in [0.2, 0.25) is 0 Å². The van der Waals surface area contributed by atoms with Gasteiger partial charge in [0.25, 0.3) is 0 Å². The number of benzene rings is 7. The zero-order valence-corrected chi connectivity index (χ0v) is 28.6. The molecule has 51 heavy (non-hydrogen) atoms. The second kappa shape index (κ2) is 11.2. The van der Waals surface area contributed by atoms with Gasteiger partial charge < -0.3 is 9.13 Å². The Kier molecular flexibility index (Phi) is 6.28. The fraction of sp³-hybridized carbons (Fsp3) is 0.0417. The van der Waals surface area contributed by atoms with Crippen molar-refractivity contribution in [1.29, 1.82) is 0 Å². The van der Waals surface area contributed by atoms with Crippen molar-refractivity contribution < 1.29 is 0 Å². The molecule has 0 amide bonds. The van der Waals surface area contributed by atoms with Crippen LogP contribution in [0.4, 0.5) is 0 Å². The van der Waals surface area contributed by atoms with Gasteiger partial charge in [-0.15, -0.1) is 11.3 Å². The second-order valence-electron chi connectivity index (χ2n) is 13.6. The first-order chi connectivity index (χ1) is 25.3. The molecule has 0 N–H and O–H groups in total. The maximum absolute atomic E-state index is 2.53. The second-order valence-corrected chi connectivity index (χ2v) is 14.7. The summed E-state index contributed by atoms with van der Waals surface area (Å²) >= 11 is 1.89. The number of thiophene rings is 1. The van der Waals surface area contributed by atoms with E-state index in [4.69, 9.17) is 0 Å². The lowest BCUT2D eigenvalue weighted by Gasteiger charge is -2.18. The van der Waals surface area contributed by atoms with E-state index in [9.17, 15) is 0 Å². The summed E-state index contributed by atoms with van der Waals surface area (Å²) in [6.45, 7) is 0. The van der Waals surface area contributed by atoms with E-state index in [-0.39, 0.29) is 0 Å². The maximum Gasteiger partial charge on any atom is 0.0560 e. The normalized spacial score (nSPS) is 14.6. The SMILES string of the molecule is C1=CCC(n2c3ccccc3c3c(-c4ccc5c(c4)c4ccccc4n5-c4cc(-c5ccccc5)c5sc6ccccc6c5c4)cccc32)C=C1. The molecule has 0 saturated carbocycles. The lowest BCUT2D eigenvalue weighted by molar-refractivity contribution is 0.648. The molecule has 7 aromatic carbocycles. The molecule has 3 heterocycles. The highest BCUT2D eigenvalue weighted by molar-refractivity contribution is 7.26. The molecule has 1 unspecified atom stereocenters. The van der Waals surface area contributed by atoms with E-state index in [2.05, 4.69) is 185 Å². The molecule has 1 aliphatic rings. The zero-order valence-electron chi connectivity index (χ0n) is 27.8. The van der Waals surface area contributed by atoms with E-state index in [0.29, 0.717) is 6.04 Å². The van der Waals surface area contributed by atoms with Crippen LogP contribution in [0.3, 0.4) is 0 Å². The van der Waals surface area contributed by atoms with Crippen molar-refractivity contribution >= 4 is 75.1 Å². The Bertz CT molecular complexity index is 3060. The van der Waals surface area contributed by atoms with E-state index < -0.39 is 0 Å². The number of allylic oxidation sites excluding steroid dienone is 4. The third-order valence-corrected chi connectivity index (χ3v) is 12.0. The average Bonchev–Trinajstić information content (AvgIpc) is 3.86. The van der Waals surface area contributed by atoms with Crippen LogP contribution in [0.25, 0.3) is 91.7 Å². The molecule has 0 saturated heterocycles. The summed E-state index contributed by atoms with van der Waals surface area (Å²) in [4.78, 5) is 0. The Balaban J connectivity index is 1.17.